The summed E-state index contributed by atoms with van der Waals surface area (Å²) in [7, 11) is 0. The van der Waals surface area contributed by atoms with Gasteiger partial charge >= 0.3 is 6.03 Å². The molecule has 116 valence electrons. The van der Waals surface area contributed by atoms with Crippen LogP contribution in [0.2, 0.25) is 0 Å². The van der Waals surface area contributed by atoms with Gasteiger partial charge in [-0.1, -0.05) is 13.8 Å². The first-order valence-corrected chi connectivity index (χ1v) is 7.40. The molecule has 2 heterocycles. The number of anilines is 1. The van der Waals surface area contributed by atoms with Gasteiger partial charge in [-0.15, -0.1) is 0 Å². The Morgan fingerprint density at radius 1 is 1.57 bits per heavy atom. The molecular formula is C14H23N5O2. The molecule has 3 N–H and O–H groups in total. The normalized spacial score (nSPS) is 18.1. The lowest BCUT2D eigenvalue weighted by Crippen LogP contribution is -2.43. The van der Waals surface area contributed by atoms with E-state index in [1.54, 1.807) is 0 Å². The van der Waals surface area contributed by atoms with E-state index in [9.17, 15) is 9.59 Å². The maximum atomic E-state index is 11.7. The van der Waals surface area contributed by atoms with Crippen molar-refractivity contribution >= 4 is 12.0 Å². The average Bonchev–Trinajstić information content (AvgIpc) is 2.86. The van der Waals surface area contributed by atoms with Crippen LogP contribution in [0.1, 0.15) is 38.8 Å². The summed E-state index contributed by atoms with van der Waals surface area (Å²) in [6, 6.07) is 1.46. The number of nitrogens with one attached hydrogen (secondary N) is 3. The molecule has 1 atom stereocenters. The molecule has 1 fully saturated rings. The molecule has 0 aliphatic carbocycles. The number of rotatable bonds is 4. The quantitative estimate of drug-likeness (QED) is 0.765. The third-order valence-corrected chi connectivity index (χ3v) is 3.50. The molecule has 21 heavy (non-hydrogen) atoms. The summed E-state index contributed by atoms with van der Waals surface area (Å²) in [5.74, 6) is 0.796. The van der Waals surface area contributed by atoms with Gasteiger partial charge in [-0.05, 0) is 19.3 Å². The second-order valence-corrected chi connectivity index (χ2v) is 5.58. The fourth-order valence-electron chi connectivity index (χ4n) is 2.38. The molecular weight excluding hydrogens is 270 g/mol. The molecule has 0 saturated carbocycles. The molecule has 0 radical (unpaired) electrons. The van der Waals surface area contributed by atoms with Crippen molar-refractivity contribution in [2.75, 3.05) is 24.5 Å². The number of urea groups is 1. The summed E-state index contributed by atoms with van der Waals surface area (Å²) in [4.78, 5) is 32.5. The number of hydrogen-bond acceptors (Lipinski definition) is 4. The lowest BCUT2D eigenvalue weighted by Gasteiger charge is -2.18. The number of aromatic nitrogens is 2. The minimum atomic E-state index is -0.151. The summed E-state index contributed by atoms with van der Waals surface area (Å²) in [6.45, 7) is 7.92. The Hall–Kier alpha value is -2.05. The van der Waals surface area contributed by atoms with Crippen LogP contribution >= 0.6 is 0 Å². The van der Waals surface area contributed by atoms with E-state index >= 15 is 0 Å². The van der Waals surface area contributed by atoms with E-state index in [2.05, 4.69) is 20.6 Å². The molecule has 1 aliphatic rings. The molecule has 7 nitrogen and oxygen atoms in total. The third kappa shape index (κ3) is 3.96. The average molecular weight is 293 g/mol. The van der Waals surface area contributed by atoms with Crippen molar-refractivity contribution in [3.8, 4) is 0 Å². The molecule has 1 aliphatic heterocycles. The van der Waals surface area contributed by atoms with Crippen LogP contribution in [-0.2, 0) is 0 Å². The van der Waals surface area contributed by atoms with Gasteiger partial charge in [0.1, 0.15) is 0 Å². The summed E-state index contributed by atoms with van der Waals surface area (Å²) in [5, 5.41) is 5.64. The summed E-state index contributed by atoms with van der Waals surface area (Å²) >= 11 is 0. The molecule has 2 rings (SSSR count). The first-order chi connectivity index (χ1) is 9.99. The van der Waals surface area contributed by atoms with Crippen molar-refractivity contribution in [3.63, 3.8) is 0 Å². The molecule has 1 aromatic rings. The van der Waals surface area contributed by atoms with Crippen LogP contribution in [0.4, 0.5) is 10.7 Å². The Labute approximate surface area is 124 Å². The highest BCUT2D eigenvalue weighted by atomic mass is 16.2. The Balaban J connectivity index is 2.04. The predicted molar refractivity (Wildman–Crippen MR) is 81.8 cm³/mol. The van der Waals surface area contributed by atoms with Crippen LogP contribution in [0, 0.1) is 0 Å². The van der Waals surface area contributed by atoms with Gasteiger partial charge in [0.2, 0.25) is 5.95 Å². The van der Waals surface area contributed by atoms with Gasteiger partial charge in [0.05, 0.1) is 5.69 Å². The standard InChI is InChI=1S/C14H23N5O2/c1-4-15-14(21)16-10-5-6-19(8-10)13-17-11(9(2)3)7-12(20)18-13/h7,9-10H,4-6,8H2,1-3H3,(H2,15,16,21)(H,17,18,20)/t10-/m0/s1. The first-order valence-electron chi connectivity index (χ1n) is 7.40. The Kier molecular flexibility index (Phi) is 4.82. The smallest absolute Gasteiger partial charge is 0.315 e. The van der Waals surface area contributed by atoms with Gasteiger partial charge < -0.3 is 15.5 Å². The number of carbonyl (C=O) groups excluding carboxylic acids is 1. The zero-order valence-corrected chi connectivity index (χ0v) is 12.8. The Morgan fingerprint density at radius 2 is 2.33 bits per heavy atom. The molecule has 1 saturated heterocycles. The first kappa shape index (κ1) is 15.3. The number of aromatic amines is 1. The number of carbonyl (C=O) groups is 1. The summed E-state index contributed by atoms with van der Waals surface area (Å²) < 4.78 is 0. The van der Waals surface area contributed by atoms with Gasteiger partial charge in [-0.2, -0.15) is 0 Å². The molecule has 0 bridgehead atoms. The summed E-state index contributed by atoms with van der Waals surface area (Å²) in [6.07, 6.45) is 0.840. The van der Waals surface area contributed by atoms with E-state index in [0.717, 1.165) is 18.7 Å². The van der Waals surface area contributed by atoms with Gasteiger partial charge in [0.15, 0.2) is 0 Å². The minimum Gasteiger partial charge on any atom is -0.340 e. The van der Waals surface area contributed by atoms with Crippen molar-refractivity contribution in [3.05, 3.63) is 22.1 Å². The molecule has 0 unspecified atom stereocenters. The van der Waals surface area contributed by atoms with Crippen molar-refractivity contribution in [2.24, 2.45) is 0 Å². The molecule has 0 aromatic carbocycles. The second-order valence-electron chi connectivity index (χ2n) is 5.58. The third-order valence-electron chi connectivity index (χ3n) is 3.50. The van der Waals surface area contributed by atoms with Crippen LogP contribution < -0.4 is 21.1 Å². The van der Waals surface area contributed by atoms with E-state index < -0.39 is 0 Å². The highest BCUT2D eigenvalue weighted by molar-refractivity contribution is 5.74. The van der Waals surface area contributed by atoms with Gasteiger partial charge in [0, 0.05) is 31.7 Å². The molecule has 2 amide bonds. The largest absolute Gasteiger partial charge is 0.340 e. The number of H-pyrrole nitrogens is 1. The maximum Gasteiger partial charge on any atom is 0.315 e. The molecule has 1 aromatic heterocycles. The van der Waals surface area contributed by atoms with Gasteiger partial charge in [-0.25, -0.2) is 9.78 Å². The van der Waals surface area contributed by atoms with Gasteiger partial charge in [-0.3, -0.25) is 9.78 Å². The second kappa shape index (κ2) is 6.60. The SMILES string of the molecule is CCNC(=O)N[C@H]1CCN(c2nc(C(C)C)cc(=O)[nH]2)C1. The minimum absolute atomic E-state index is 0.0737. The van der Waals surface area contributed by atoms with E-state index in [-0.39, 0.29) is 23.6 Å². The highest BCUT2D eigenvalue weighted by Gasteiger charge is 2.25. The van der Waals surface area contributed by atoms with Crippen LogP contribution in [-0.4, -0.2) is 41.7 Å². The van der Waals surface area contributed by atoms with Crippen molar-refractivity contribution < 1.29 is 4.79 Å². The molecule has 0 spiro atoms. The van der Waals surface area contributed by atoms with Crippen LogP contribution in [0.3, 0.4) is 0 Å². The van der Waals surface area contributed by atoms with E-state index in [0.29, 0.717) is 19.0 Å². The Bertz CT molecular complexity index is 555. The number of amides is 2. The predicted octanol–water partition coefficient (Wildman–Crippen LogP) is 0.791. The number of nitrogens with zero attached hydrogens (tertiary/aromatic N) is 2. The van der Waals surface area contributed by atoms with Crippen molar-refractivity contribution in [1.29, 1.82) is 0 Å². The maximum absolute atomic E-state index is 11.7. The lowest BCUT2D eigenvalue weighted by molar-refractivity contribution is 0.238. The van der Waals surface area contributed by atoms with Crippen LogP contribution in [0.5, 0.6) is 0 Å². The Morgan fingerprint density at radius 3 is 3.00 bits per heavy atom. The highest BCUT2D eigenvalue weighted by Crippen LogP contribution is 2.17. The van der Waals surface area contributed by atoms with Crippen molar-refractivity contribution in [1.82, 2.24) is 20.6 Å². The van der Waals surface area contributed by atoms with E-state index in [1.165, 1.54) is 6.07 Å². The fourth-order valence-corrected chi connectivity index (χ4v) is 2.38. The fraction of sp³-hybridized carbons (Fsp3) is 0.643. The zero-order chi connectivity index (χ0) is 15.4. The van der Waals surface area contributed by atoms with Crippen LogP contribution in [0.25, 0.3) is 0 Å². The van der Waals surface area contributed by atoms with Crippen LogP contribution in [0.15, 0.2) is 10.9 Å². The summed E-state index contributed by atoms with van der Waals surface area (Å²) in [5.41, 5.74) is 0.651. The van der Waals surface area contributed by atoms with Crippen molar-refractivity contribution in [2.45, 2.75) is 39.2 Å². The van der Waals surface area contributed by atoms with E-state index in [4.69, 9.17) is 0 Å². The zero-order valence-electron chi connectivity index (χ0n) is 12.8. The molecule has 7 heteroatoms. The lowest BCUT2D eigenvalue weighted by atomic mass is 10.1. The number of hydrogen-bond donors (Lipinski definition) is 3. The topological polar surface area (TPSA) is 90.1 Å². The van der Waals surface area contributed by atoms with Gasteiger partial charge in [0.25, 0.3) is 5.56 Å². The van der Waals surface area contributed by atoms with E-state index in [1.807, 2.05) is 25.7 Å². The monoisotopic (exact) mass is 293 g/mol.